The number of carbonyl (C=O) groups excluding carboxylic acids is 1. The Morgan fingerprint density at radius 2 is 1.85 bits per heavy atom. The van der Waals surface area contributed by atoms with Crippen molar-refractivity contribution in [3.05, 3.63) is 54.1 Å². The minimum atomic E-state index is -0.505. The molecule has 6 heteroatoms. The monoisotopic (exact) mass is 356 g/mol. The molecule has 1 aromatic heterocycles. The second-order valence-corrected chi connectivity index (χ2v) is 7.21. The van der Waals surface area contributed by atoms with E-state index in [1.54, 1.807) is 18.2 Å². The third-order valence-electron chi connectivity index (χ3n) is 5.34. The maximum absolute atomic E-state index is 12.9. The van der Waals surface area contributed by atoms with Gasteiger partial charge in [0.05, 0.1) is 18.8 Å². The highest BCUT2D eigenvalue weighted by atomic mass is 19.1. The third-order valence-corrected chi connectivity index (χ3v) is 5.34. The van der Waals surface area contributed by atoms with Crippen molar-refractivity contribution in [2.24, 2.45) is 11.8 Å². The molecule has 0 spiro atoms. The fraction of sp³-hybridized carbons (Fsp3) is 0.400. The first-order valence-electron chi connectivity index (χ1n) is 8.89. The smallest absolute Gasteiger partial charge is 0.213 e. The first-order valence-corrected chi connectivity index (χ1v) is 8.89. The van der Waals surface area contributed by atoms with Crippen molar-refractivity contribution in [3.63, 3.8) is 0 Å². The Hall–Kier alpha value is -2.47. The van der Waals surface area contributed by atoms with E-state index in [0.29, 0.717) is 29.7 Å². The SMILES string of the molecule is O=C(CN1C[C@H]2C[C@H](Oc3ccc(F)nc3)C[C@H]2C1)c1ccc(O)cc1. The lowest BCUT2D eigenvalue weighted by Gasteiger charge is -2.19. The Morgan fingerprint density at radius 3 is 2.46 bits per heavy atom. The molecule has 1 N–H and O–H groups in total. The van der Waals surface area contributed by atoms with Crippen LogP contribution in [0.4, 0.5) is 4.39 Å². The molecule has 26 heavy (non-hydrogen) atoms. The van der Waals surface area contributed by atoms with Gasteiger partial charge in [-0.2, -0.15) is 4.39 Å². The Kier molecular flexibility index (Phi) is 4.59. The van der Waals surface area contributed by atoms with Gasteiger partial charge in [-0.05, 0) is 61.1 Å². The number of rotatable bonds is 5. The van der Waals surface area contributed by atoms with Gasteiger partial charge in [0.25, 0.3) is 0 Å². The number of benzene rings is 1. The van der Waals surface area contributed by atoms with Crippen LogP contribution in [0, 0.1) is 17.8 Å². The van der Waals surface area contributed by atoms with Crippen LogP contribution in [0.3, 0.4) is 0 Å². The summed E-state index contributed by atoms with van der Waals surface area (Å²) in [6.07, 6.45) is 3.46. The number of phenolic OH excluding ortho intramolecular Hbond substituents is 1. The van der Waals surface area contributed by atoms with Crippen molar-refractivity contribution < 1.29 is 19.0 Å². The van der Waals surface area contributed by atoms with Crippen LogP contribution in [0.15, 0.2) is 42.6 Å². The summed E-state index contributed by atoms with van der Waals surface area (Å²) in [5, 5.41) is 9.32. The summed E-state index contributed by atoms with van der Waals surface area (Å²) in [6.45, 7) is 2.21. The number of likely N-dealkylation sites (tertiary alicyclic amines) is 1. The predicted octanol–water partition coefficient (Wildman–Crippen LogP) is 2.90. The molecule has 2 fully saturated rings. The number of ether oxygens (including phenoxy) is 1. The normalized spacial score (nSPS) is 25.2. The first-order chi connectivity index (χ1) is 12.6. The third kappa shape index (κ3) is 3.70. The summed E-state index contributed by atoms with van der Waals surface area (Å²) < 4.78 is 18.8. The molecule has 0 radical (unpaired) electrons. The highest BCUT2D eigenvalue weighted by Gasteiger charge is 2.42. The van der Waals surface area contributed by atoms with E-state index in [4.69, 9.17) is 4.74 Å². The maximum atomic E-state index is 12.9. The first kappa shape index (κ1) is 17.0. The predicted molar refractivity (Wildman–Crippen MR) is 93.7 cm³/mol. The van der Waals surface area contributed by atoms with Crippen molar-refractivity contribution in [1.29, 1.82) is 0 Å². The van der Waals surface area contributed by atoms with Gasteiger partial charge in [0, 0.05) is 18.7 Å². The van der Waals surface area contributed by atoms with Gasteiger partial charge in [-0.25, -0.2) is 4.98 Å². The average molecular weight is 356 g/mol. The zero-order valence-electron chi connectivity index (χ0n) is 14.3. The summed E-state index contributed by atoms with van der Waals surface area (Å²) in [7, 11) is 0. The zero-order chi connectivity index (χ0) is 18.1. The van der Waals surface area contributed by atoms with Gasteiger partial charge >= 0.3 is 0 Å². The summed E-state index contributed by atoms with van der Waals surface area (Å²) in [5.74, 6) is 1.40. The fourth-order valence-corrected chi connectivity index (χ4v) is 4.13. The molecule has 5 nitrogen and oxygen atoms in total. The van der Waals surface area contributed by atoms with Crippen molar-refractivity contribution in [2.45, 2.75) is 18.9 Å². The van der Waals surface area contributed by atoms with Crippen LogP contribution in [0.5, 0.6) is 11.5 Å². The van der Waals surface area contributed by atoms with E-state index in [2.05, 4.69) is 9.88 Å². The highest BCUT2D eigenvalue weighted by molar-refractivity contribution is 5.97. The topological polar surface area (TPSA) is 62.7 Å². The molecule has 1 saturated heterocycles. The molecular weight excluding hydrogens is 335 g/mol. The van der Waals surface area contributed by atoms with Gasteiger partial charge in [0.2, 0.25) is 5.95 Å². The van der Waals surface area contributed by atoms with Crippen LogP contribution < -0.4 is 4.74 Å². The van der Waals surface area contributed by atoms with Gasteiger partial charge in [-0.1, -0.05) is 0 Å². The summed E-state index contributed by atoms with van der Waals surface area (Å²) in [6, 6.07) is 9.32. The molecule has 2 aromatic rings. The van der Waals surface area contributed by atoms with E-state index >= 15 is 0 Å². The van der Waals surface area contributed by atoms with Crippen molar-refractivity contribution in [1.82, 2.24) is 9.88 Å². The van der Waals surface area contributed by atoms with Crippen LogP contribution in [0.1, 0.15) is 23.2 Å². The number of pyridine rings is 1. The van der Waals surface area contributed by atoms with E-state index < -0.39 is 5.95 Å². The zero-order valence-corrected chi connectivity index (χ0v) is 14.3. The molecular formula is C20H21FN2O3. The van der Waals surface area contributed by atoms with E-state index in [9.17, 15) is 14.3 Å². The number of hydrogen-bond donors (Lipinski definition) is 1. The quantitative estimate of drug-likeness (QED) is 0.659. The number of hydrogen-bond acceptors (Lipinski definition) is 5. The Bertz CT molecular complexity index is 765. The number of carbonyl (C=O) groups is 1. The molecule has 136 valence electrons. The molecule has 3 atom stereocenters. The number of ketones is 1. The number of nitrogens with zero attached hydrogens (tertiary/aromatic N) is 2. The van der Waals surface area contributed by atoms with Gasteiger partial charge in [-0.3, -0.25) is 9.69 Å². The van der Waals surface area contributed by atoms with Crippen LogP contribution in [-0.2, 0) is 0 Å². The Balaban J connectivity index is 1.28. The minimum Gasteiger partial charge on any atom is -0.508 e. The second-order valence-electron chi connectivity index (χ2n) is 7.21. The largest absolute Gasteiger partial charge is 0.508 e. The molecule has 4 rings (SSSR count). The minimum absolute atomic E-state index is 0.0789. The second kappa shape index (κ2) is 7.03. The molecule has 1 aliphatic heterocycles. The average Bonchev–Trinajstić information content (AvgIpc) is 3.15. The molecule has 1 aromatic carbocycles. The summed E-state index contributed by atoms with van der Waals surface area (Å²) in [4.78, 5) is 18.2. The summed E-state index contributed by atoms with van der Waals surface area (Å²) in [5.41, 5.74) is 0.630. The maximum Gasteiger partial charge on any atom is 0.213 e. The number of fused-ring (bicyclic) bond motifs is 1. The molecule has 0 unspecified atom stereocenters. The van der Waals surface area contributed by atoms with Gasteiger partial charge in [-0.15, -0.1) is 0 Å². The van der Waals surface area contributed by atoms with Crippen molar-refractivity contribution in [2.75, 3.05) is 19.6 Å². The molecule has 0 amide bonds. The lowest BCUT2D eigenvalue weighted by molar-refractivity contribution is 0.0936. The number of Topliss-reactive ketones (excluding diaryl/α,β-unsaturated/α-hetero) is 1. The molecule has 1 saturated carbocycles. The van der Waals surface area contributed by atoms with Crippen molar-refractivity contribution in [3.8, 4) is 11.5 Å². The number of aromatic hydroxyl groups is 1. The molecule has 2 heterocycles. The van der Waals surface area contributed by atoms with E-state index in [0.717, 1.165) is 25.9 Å². The molecule has 0 bridgehead atoms. The molecule has 2 aliphatic rings. The van der Waals surface area contributed by atoms with Crippen LogP contribution in [-0.4, -0.2) is 46.5 Å². The van der Waals surface area contributed by atoms with E-state index in [1.807, 2.05) is 0 Å². The van der Waals surface area contributed by atoms with Crippen LogP contribution in [0.25, 0.3) is 0 Å². The number of aromatic nitrogens is 1. The molecule has 1 aliphatic carbocycles. The van der Waals surface area contributed by atoms with Crippen LogP contribution >= 0.6 is 0 Å². The summed E-state index contributed by atoms with van der Waals surface area (Å²) >= 11 is 0. The van der Waals surface area contributed by atoms with Gasteiger partial charge in [0.15, 0.2) is 5.78 Å². The van der Waals surface area contributed by atoms with E-state index in [1.165, 1.54) is 24.4 Å². The number of phenols is 1. The Morgan fingerprint density at radius 1 is 1.15 bits per heavy atom. The van der Waals surface area contributed by atoms with Crippen molar-refractivity contribution >= 4 is 5.78 Å². The van der Waals surface area contributed by atoms with E-state index in [-0.39, 0.29) is 17.6 Å². The Labute approximate surface area is 151 Å². The highest BCUT2D eigenvalue weighted by Crippen LogP contribution is 2.39. The lowest BCUT2D eigenvalue weighted by atomic mass is 10.0. The fourth-order valence-electron chi connectivity index (χ4n) is 4.13. The van der Waals surface area contributed by atoms with Crippen LogP contribution in [0.2, 0.25) is 0 Å². The number of halogens is 1. The standard InChI is InChI=1S/C20H21FN2O3/c21-20-6-5-17(9-22-20)26-18-7-14-10-23(11-15(14)8-18)12-19(25)13-1-3-16(24)4-2-13/h1-6,9,14-15,18,24H,7-8,10-12H2/t14-,15+,18+. The lowest BCUT2D eigenvalue weighted by Crippen LogP contribution is -2.30. The van der Waals surface area contributed by atoms with Gasteiger partial charge < -0.3 is 9.84 Å². The van der Waals surface area contributed by atoms with Gasteiger partial charge in [0.1, 0.15) is 11.5 Å².